The van der Waals surface area contributed by atoms with Crippen LogP contribution in [-0.2, 0) is 0 Å². The molecule has 0 atom stereocenters. The molecule has 0 radical (unpaired) electrons. The van der Waals surface area contributed by atoms with Gasteiger partial charge in [-0.05, 0) is 24.3 Å². The zero-order valence-electron chi connectivity index (χ0n) is 8.00. The molecular formula is C10H7BrN2O3. The van der Waals surface area contributed by atoms with E-state index in [0.717, 1.165) is 9.15 Å². The fourth-order valence-corrected chi connectivity index (χ4v) is 1.37. The molecule has 5 nitrogen and oxygen atoms in total. The third kappa shape index (κ3) is 2.40. The van der Waals surface area contributed by atoms with E-state index in [4.69, 9.17) is 9.84 Å². The summed E-state index contributed by atoms with van der Waals surface area (Å²) in [4.78, 5) is 10.6. The number of carbonyl (C=O) groups is 1. The molecule has 0 saturated carbocycles. The Morgan fingerprint density at radius 3 is 2.56 bits per heavy atom. The van der Waals surface area contributed by atoms with Gasteiger partial charge in [-0.2, -0.15) is 9.78 Å². The summed E-state index contributed by atoms with van der Waals surface area (Å²) in [5, 5.41) is 12.3. The maximum absolute atomic E-state index is 10.6. The maximum Gasteiger partial charge on any atom is 0.432 e. The third-order valence-electron chi connectivity index (χ3n) is 1.80. The maximum atomic E-state index is 10.6. The topological polar surface area (TPSA) is 64.3 Å². The molecule has 1 N–H and O–H groups in total. The first-order valence-electron chi connectivity index (χ1n) is 4.36. The first-order chi connectivity index (χ1) is 7.65. The van der Waals surface area contributed by atoms with Crippen LogP contribution in [0.25, 0.3) is 0 Å². The highest BCUT2D eigenvalue weighted by Gasteiger charge is 2.05. The summed E-state index contributed by atoms with van der Waals surface area (Å²) in [5.41, 5.74) is 0. The van der Waals surface area contributed by atoms with E-state index in [9.17, 15) is 4.79 Å². The van der Waals surface area contributed by atoms with E-state index >= 15 is 0 Å². The molecule has 0 aliphatic carbocycles. The van der Waals surface area contributed by atoms with Crippen molar-refractivity contribution in [2.24, 2.45) is 0 Å². The van der Waals surface area contributed by atoms with Crippen LogP contribution < -0.4 is 4.74 Å². The van der Waals surface area contributed by atoms with E-state index < -0.39 is 6.09 Å². The number of ether oxygens (including phenoxy) is 1. The molecule has 0 bridgehead atoms. The minimum absolute atomic E-state index is 0.379. The molecule has 82 valence electrons. The number of nitrogens with zero attached hydrogens (tertiary/aromatic N) is 2. The second kappa shape index (κ2) is 4.36. The zero-order chi connectivity index (χ0) is 11.5. The molecule has 2 aromatic rings. The van der Waals surface area contributed by atoms with E-state index in [-0.39, 0.29) is 0 Å². The average molecular weight is 283 g/mol. The number of halogens is 1. The number of benzene rings is 1. The molecule has 0 unspecified atom stereocenters. The smallest absolute Gasteiger partial charge is 0.432 e. The van der Waals surface area contributed by atoms with Gasteiger partial charge in [0, 0.05) is 4.47 Å². The largest absolute Gasteiger partial charge is 0.463 e. The summed E-state index contributed by atoms with van der Waals surface area (Å²) in [5.74, 6) is 0.998. The highest BCUT2D eigenvalue weighted by atomic mass is 79.9. The van der Waals surface area contributed by atoms with Crippen LogP contribution in [0.2, 0.25) is 0 Å². The van der Waals surface area contributed by atoms with Crippen LogP contribution in [0.3, 0.4) is 0 Å². The van der Waals surface area contributed by atoms with Crippen LogP contribution in [0.1, 0.15) is 0 Å². The minimum atomic E-state index is -1.15. The number of carboxylic acid groups (broad SMARTS) is 1. The van der Waals surface area contributed by atoms with E-state index in [1.54, 1.807) is 12.1 Å². The van der Waals surface area contributed by atoms with Crippen molar-refractivity contribution in [3.8, 4) is 11.5 Å². The molecule has 16 heavy (non-hydrogen) atoms. The highest BCUT2D eigenvalue weighted by Crippen LogP contribution is 2.22. The van der Waals surface area contributed by atoms with Gasteiger partial charge in [0.15, 0.2) is 5.75 Å². The monoisotopic (exact) mass is 282 g/mol. The molecule has 0 aliphatic heterocycles. The Bertz CT molecular complexity index is 507. The van der Waals surface area contributed by atoms with Gasteiger partial charge in [-0.1, -0.05) is 15.9 Å². The van der Waals surface area contributed by atoms with Gasteiger partial charge in [0.1, 0.15) is 5.75 Å². The van der Waals surface area contributed by atoms with Crippen molar-refractivity contribution in [1.29, 1.82) is 0 Å². The van der Waals surface area contributed by atoms with Crippen molar-refractivity contribution >= 4 is 22.0 Å². The Hall–Kier alpha value is -1.82. The lowest BCUT2D eigenvalue weighted by Crippen LogP contribution is -2.07. The molecule has 1 aromatic heterocycles. The van der Waals surface area contributed by atoms with Crippen LogP contribution >= 0.6 is 15.9 Å². The molecule has 1 aromatic carbocycles. The standard InChI is InChI=1S/C10H7BrN2O3/c11-7-1-3-8(4-2-7)16-9-5-12-13(6-9)10(14)15/h1-6H,(H,14,15). The number of hydrogen-bond acceptors (Lipinski definition) is 3. The van der Waals surface area contributed by atoms with Gasteiger partial charge in [0.25, 0.3) is 0 Å². The van der Waals surface area contributed by atoms with E-state index in [1.807, 2.05) is 12.1 Å². The molecule has 0 aliphatic rings. The molecule has 0 fully saturated rings. The summed E-state index contributed by atoms with van der Waals surface area (Å²) in [6.45, 7) is 0. The molecule has 0 amide bonds. The predicted octanol–water partition coefficient (Wildman–Crippen LogP) is 2.96. The lowest BCUT2D eigenvalue weighted by atomic mass is 10.3. The van der Waals surface area contributed by atoms with Gasteiger partial charge in [-0.15, -0.1) is 0 Å². The molecule has 1 heterocycles. The van der Waals surface area contributed by atoms with Gasteiger partial charge in [-0.25, -0.2) is 4.79 Å². The van der Waals surface area contributed by atoms with Crippen molar-refractivity contribution in [2.45, 2.75) is 0 Å². The van der Waals surface area contributed by atoms with E-state index in [0.29, 0.717) is 11.5 Å². The van der Waals surface area contributed by atoms with Gasteiger partial charge in [0.05, 0.1) is 12.4 Å². The molecule has 6 heteroatoms. The highest BCUT2D eigenvalue weighted by molar-refractivity contribution is 9.10. The molecular weight excluding hydrogens is 276 g/mol. The van der Waals surface area contributed by atoms with Crippen LogP contribution in [0.15, 0.2) is 41.1 Å². The first-order valence-corrected chi connectivity index (χ1v) is 5.16. The molecule has 2 rings (SSSR count). The van der Waals surface area contributed by atoms with Crippen molar-refractivity contribution < 1.29 is 14.6 Å². The van der Waals surface area contributed by atoms with Crippen LogP contribution in [-0.4, -0.2) is 21.0 Å². The lowest BCUT2D eigenvalue weighted by Gasteiger charge is -2.01. The molecule has 0 spiro atoms. The Labute approximate surface area is 99.4 Å². The number of aromatic nitrogens is 2. The van der Waals surface area contributed by atoms with Crippen molar-refractivity contribution in [2.75, 3.05) is 0 Å². The van der Waals surface area contributed by atoms with Gasteiger partial charge in [0.2, 0.25) is 0 Å². The fourth-order valence-electron chi connectivity index (χ4n) is 1.10. The Kier molecular flexibility index (Phi) is 2.91. The second-order valence-corrected chi connectivity index (χ2v) is 3.87. The Morgan fingerprint density at radius 1 is 1.31 bits per heavy atom. The van der Waals surface area contributed by atoms with Gasteiger partial charge < -0.3 is 9.84 Å². The fraction of sp³-hybridized carbons (Fsp3) is 0. The SMILES string of the molecule is O=C(O)n1cc(Oc2ccc(Br)cc2)cn1. The Balaban J connectivity index is 2.14. The zero-order valence-corrected chi connectivity index (χ0v) is 9.59. The van der Waals surface area contributed by atoms with Crippen molar-refractivity contribution in [3.05, 3.63) is 41.1 Å². The molecule has 0 saturated heterocycles. The normalized spacial score (nSPS) is 10.1. The predicted molar refractivity (Wildman–Crippen MR) is 59.9 cm³/mol. The van der Waals surface area contributed by atoms with Crippen LogP contribution in [0.5, 0.6) is 11.5 Å². The van der Waals surface area contributed by atoms with Crippen molar-refractivity contribution in [1.82, 2.24) is 9.78 Å². The Morgan fingerprint density at radius 2 is 2.00 bits per heavy atom. The van der Waals surface area contributed by atoms with Crippen molar-refractivity contribution in [3.63, 3.8) is 0 Å². The summed E-state index contributed by atoms with van der Waals surface area (Å²) in [6.07, 6.45) is 1.49. The van der Waals surface area contributed by atoms with Gasteiger partial charge in [-0.3, -0.25) is 0 Å². The van der Waals surface area contributed by atoms with E-state index in [2.05, 4.69) is 21.0 Å². The summed E-state index contributed by atoms with van der Waals surface area (Å²) in [7, 11) is 0. The number of hydrogen-bond donors (Lipinski definition) is 1. The summed E-state index contributed by atoms with van der Waals surface area (Å²) >= 11 is 3.30. The second-order valence-electron chi connectivity index (χ2n) is 2.96. The number of rotatable bonds is 2. The first kappa shape index (κ1) is 10.7. The van der Waals surface area contributed by atoms with Gasteiger partial charge >= 0.3 is 6.09 Å². The average Bonchev–Trinajstić information content (AvgIpc) is 2.70. The summed E-state index contributed by atoms with van der Waals surface area (Å²) in [6, 6.07) is 7.19. The van der Waals surface area contributed by atoms with E-state index in [1.165, 1.54) is 12.4 Å². The minimum Gasteiger partial charge on any atom is -0.463 e. The lowest BCUT2D eigenvalue weighted by molar-refractivity contribution is 0.192. The van der Waals surface area contributed by atoms with Crippen LogP contribution in [0.4, 0.5) is 4.79 Å². The van der Waals surface area contributed by atoms with Crippen LogP contribution in [0, 0.1) is 0 Å². The summed E-state index contributed by atoms with van der Waals surface area (Å²) < 4.78 is 7.13. The quantitative estimate of drug-likeness (QED) is 0.920. The third-order valence-corrected chi connectivity index (χ3v) is 2.33.